The summed E-state index contributed by atoms with van der Waals surface area (Å²) in [6, 6.07) is 7.12. The third kappa shape index (κ3) is 3.15. The molecule has 1 aliphatic heterocycles. The van der Waals surface area contributed by atoms with Crippen LogP contribution in [-0.4, -0.2) is 38.5 Å². The van der Waals surface area contributed by atoms with Gasteiger partial charge in [0.05, 0.1) is 22.4 Å². The van der Waals surface area contributed by atoms with Gasteiger partial charge in [-0.3, -0.25) is 0 Å². The summed E-state index contributed by atoms with van der Waals surface area (Å²) in [6.07, 6.45) is 1.09. The second kappa shape index (κ2) is 6.14. The van der Waals surface area contributed by atoms with E-state index in [2.05, 4.69) is 0 Å². The van der Waals surface area contributed by atoms with Gasteiger partial charge in [-0.05, 0) is 30.9 Å². The molecular formula is C15H23NO3S. The van der Waals surface area contributed by atoms with E-state index in [1.807, 2.05) is 30.9 Å². The van der Waals surface area contributed by atoms with Gasteiger partial charge in [-0.15, -0.1) is 0 Å². The Morgan fingerprint density at radius 1 is 1.35 bits per heavy atom. The molecule has 1 aromatic carbocycles. The fourth-order valence-electron chi connectivity index (χ4n) is 2.63. The van der Waals surface area contributed by atoms with Crippen LogP contribution in [0.15, 0.2) is 29.2 Å². The smallest absolute Gasteiger partial charge is 0.180 e. The number of aliphatic hydroxyl groups is 1. The van der Waals surface area contributed by atoms with Crippen molar-refractivity contribution in [3.63, 3.8) is 0 Å². The third-order valence-corrected chi connectivity index (χ3v) is 5.89. The van der Waals surface area contributed by atoms with Crippen LogP contribution in [0.2, 0.25) is 0 Å². The van der Waals surface area contributed by atoms with E-state index < -0.39 is 15.9 Å². The van der Waals surface area contributed by atoms with Crippen LogP contribution in [0, 0.1) is 5.92 Å². The van der Waals surface area contributed by atoms with E-state index in [9.17, 15) is 13.5 Å². The van der Waals surface area contributed by atoms with Crippen molar-refractivity contribution in [3.05, 3.63) is 24.3 Å². The zero-order valence-corrected chi connectivity index (χ0v) is 12.9. The Hall–Kier alpha value is -1.07. The van der Waals surface area contributed by atoms with Crippen LogP contribution >= 0.6 is 0 Å². The minimum atomic E-state index is -3.24. The number of rotatable bonds is 4. The van der Waals surface area contributed by atoms with Gasteiger partial charge in [0, 0.05) is 13.1 Å². The van der Waals surface area contributed by atoms with Gasteiger partial charge in [-0.2, -0.15) is 0 Å². The maximum absolute atomic E-state index is 12.4. The molecule has 1 N–H and O–H groups in total. The van der Waals surface area contributed by atoms with Crippen molar-refractivity contribution < 1.29 is 13.5 Å². The van der Waals surface area contributed by atoms with Crippen LogP contribution in [0.3, 0.4) is 0 Å². The highest BCUT2D eigenvalue weighted by Gasteiger charge is 2.28. The van der Waals surface area contributed by atoms with E-state index in [0.717, 1.165) is 18.7 Å². The lowest BCUT2D eigenvalue weighted by atomic mass is 9.96. The highest BCUT2D eigenvalue weighted by Crippen LogP contribution is 2.30. The number of hydrogen-bond donors (Lipinski definition) is 1. The van der Waals surface area contributed by atoms with Crippen LogP contribution in [0.1, 0.15) is 26.7 Å². The van der Waals surface area contributed by atoms with E-state index in [-0.39, 0.29) is 11.7 Å². The van der Waals surface area contributed by atoms with E-state index in [4.69, 9.17) is 0 Å². The van der Waals surface area contributed by atoms with Crippen molar-refractivity contribution in [2.24, 2.45) is 5.92 Å². The van der Waals surface area contributed by atoms with Crippen LogP contribution in [0.4, 0.5) is 5.69 Å². The third-order valence-electron chi connectivity index (χ3n) is 3.93. The molecule has 0 spiro atoms. The number of benzene rings is 1. The van der Waals surface area contributed by atoms with Gasteiger partial charge in [0.15, 0.2) is 9.84 Å². The van der Waals surface area contributed by atoms with Crippen molar-refractivity contribution in [2.75, 3.05) is 23.7 Å². The molecule has 0 saturated carbocycles. The lowest BCUT2D eigenvalue weighted by Crippen LogP contribution is -2.43. The summed E-state index contributed by atoms with van der Waals surface area (Å²) in [4.78, 5) is 2.39. The molecule has 1 aromatic rings. The fourth-order valence-corrected chi connectivity index (χ4v) is 4.19. The fraction of sp³-hybridized carbons (Fsp3) is 0.600. The van der Waals surface area contributed by atoms with Crippen molar-refractivity contribution >= 4 is 15.5 Å². The van der Waals surface area contributed by atoms with Gasteiger partial charge < -0.3 is 10.0 Å². The van der Waals surface area contributed by atoms with Gasteiger partial charge in [0.2, 0.25) is 0 Å². The first-order valence-electron chi connectivity index (χ1n) is 7.20. The number of hydrogen-bond acceptors (Lipinski definition) is 4. The number of para-hydroxylation sites is 1. The number of nitrogens with zero attached hydrogens (tertiary/aromatic N) is 1. The molecule has 1 aliphatic rings. The lowest BCUT2D eigenvalue weighted by molar-refractivity contribution is 0.103. The molecule has 1 saturated heterocycles. The monoisotopic (exact) mass is 297 g/mol. The Bertz CT molecular complexity index is 556. The average Bonchev–Trinajstić information content (AvgIpc) is 2.42. The molecule has 0 radical (unpaired) electrons. The van der Waals surface area contributed by atoms with Crippen molar-refractivity contribution in [1.82, 2.24) is 0 Å². The number of aliphatic hydroxyl groups excluding tert-OH is 1. The standard InChI is InChI=1S/C15H23NO3S/c1-3-10-20(18,19)15-7-5-4-6-13(15)16-9-8-12(2)14(17)11-16/h4-7,12,14,17H,3,8-11H2,1-2H3. The Kier molecular flexibility index (Phi) is 4.70. The minimum Gasteiger partial charge on any atom is -0.391 e. The second-order valence-electron chi connectivity index (χ2n) is 5.57. The van der Waals surface area contributed by atoms with Gasteiger partial charge in [0.1, 0.15) is 0 Å². The van der Waals surface area contributed by atoms with Gasteiger partial charge in [-0.25, -0.2) is 8.42 Å². The first-order chi connectivity index (χ1) is 9.45. The highest BCUT2D eigenvalue weighted by molar-refractivity contribution is 7.91. The molecule has 20 heavy (non-hydrogen) atoms. The second-order valence-corrected chi connectivity index (χ2v) is 7.64. The molecule has 0 aliphatic carbocycles. The Morgan fingerprint density at radius 2 is 2.05 bits per heavy atom. The molecule has 5 heteroatoms. The molecular weight excluding hydrogens is 274 g/mol. The van der Waals surface area contributed by atoms with Crippen LogP contribution in [0.5, 0.6) is 0 Å². The molecule has 4 nitrogen and oxygen atoms in total. The Balaban J connectivity index is 2.34. The first-order valence-corrected chi connectivity index (χ1v) is 8.85. The summed E-state index contributed by atoms with van der Waals surface area (Å²) in [6.45, 7) is 5.19. The zero-order chi connectivity index (χ0) is 14.8. The molecule has 112 valence electrons. The highest BCUT2D eigenvalue weighted by atomic mass is 32.2. The predicted molar refractivity (Wildman–Crippen MR) is 80.8 cm³/mol. The maximum Gasteiger partial charge on any atom is 0.180 e. The van der Waals surface area contributed by atoms with Gasteiger partial charge in [0.25, 0.3) is 0 Å². The van der Waals surface area contributed by atoms with Crippen molar-refractivity contribution in [3.8, 4) is 0 Å². The molecule has 1 fully saturated rings. The number of sulfone groups is 1. The first kappa shape index (κ1) is 15.3. The molecule has 0 amide bonds. The minimum absolute atomic E-state index is 0.164. The molecule has 0 aromatic heterocycles. The number of β-amino-alcohol motifs (C(OH)–C–C–N with tert-alkyl or cyclic N) is 1. The number of anilines is 1. The van der Waals surface area contributed by atoms with Crippen LogP contribution in [-0.2, 0) is 9.84 Å². The van der Waals surface area contributed by atoms with Gasteiger partial charge in [-0.1, -0.05) is 26.0 Å². The maximum atomic E-state index is 12.4. The summed E-state index contributed by atoms with van der Waals surface area (Å²) >= 11 is 0. The normalized spacial score (nSPS) is 23.9. The van der Waals surface area contributed by atoms with Crippen LogP contribution < -0.4 is 4.90 Å². The van der Waals surface area contributed by atoms with Crippen molar-refractivity contribution in [2.45, 2.75) is 37.7 Å². The Labute approximate surface area is 121 Å². The van der Waals surface area contributed by atoms with E-state index in [0.29, 0.717) is 17.9 Å². The predicted octanol–water partition coefficient (Wildman–Crippen LogP) is 2.08. The topological polar surface area (TPSA) is 57.6 Å². The molecule has 2 unspecified atom stereocenters. The molecule has 0 bridgehead atoms. The molecule has 1 heterocycles. The van der Waals surface area contributed by atoms with Crippen molar-refractivity contribution in [1.29, 1.82) is 0 Å². The van der Waals surface area contributed by atoms with E-state index >= 15 is 0 Å². The zero-order valence-electron chi connectivity index (χ0n) is 12.1. The molecule has 2 rings (SSSR count). The number of piperidine rings is 1. The largest absolute Gasteiger partial charge is 0.391 e. The summed E-state index contributed by atoms with van der Waals surface area (Å²) in [5.41, 5.74) is 0.729. The summed E-state index contributed by atoms with van der Waals surface area (Å²) in [5.74, 6) is 0.433. The van der Waals surface area contributed by atoms with Crippen LogP contribution in [0.25, 0.3) is 0 Å². The SMILES string of the molecule is CCCS(=O)(=O)c1ccccc1N1CCC(C)C(O)C1. The quantitative estimate of drug-likeness (QED) is 0.924. The van der Waals surface area contributed by atoms with E-state index in [1.165, 1.54) is 0 Å². The summed E-state index contributed by atoms with van der Waals surface area (Å²) < 4.78 is 24.7. The van der Waals surface area contributed by atoms with Gasteiger partial charge >= 0.3 is 0 Å². The summed E-state index contributed by atoms with van der Waals surface area (Å²) in [5, 5.41) is 10.0. The average molecular weight is 297 g/mol. The van der Waals surface area contributed by atoms with E-state index in [1.54, 1.807) is 12.1 Å². The Morgan fingerprint density at radius 3 is 2.70 bits per heavy atom. The lowest BCUT2D eigenvalue weighted by Gasteiger charge is -2.36. The summed E-state index contributed by atoms with van der Waals surface area (Å²) in [7, 11) is -3.24. The molecule has 2 atom stereocenters.